The van der Waals surface area contributed by atoms with Gasteiger partial charge in [-0.1, -0.05) is 0 Å². The summed E-state index contributed by atoms with van der Waals surface area (Å²) in [6.07, 6.45) is 1.50. The number of benzene rings is 1. The van der Waals surface area contributed by atoms with Gasteiger partial charge < -0.3 is 10.6 Å². The molecule has 2 aromatic rings. The molecule has 1 amide bonds. The maximum Gasteiger partial charge on any atom is 0.251 e. The summed E-state index contributed by atoms with van der Waals surface area (Å²) in [7, 11) is 1.86. The van der Waals surface area contributed by atoms with Gasteiger partial charge in [0.05, 0.1) is 5.69 Å². The van der Waals surface area contributed by atoms with E-state index in [-0.39, 0.29) is 11.9 Å². The van der Waals surface area contributed by atoms with E-state index < -0.39 is 0 Å². The topological polar surface area (TPSA) is 84.7 Å². The van der Waals surface area contributed by atoms with E-state index in [4.69, 9.17) is 0 Å². The second kappa shape index (κ2) is 6.05. The fraction of sp³-hybridized carbons (Fsp3) is 0.333. The standard InChI is InChI=1S/C12H16N6O/c1-9(13-2)7-14-12(19)10-3-5-11(6-4-10)18-8-15-16-17-18/h3-6,8-9,13H,7H2,1-2H3,(H,14,19). The fourth-order valence-corrected chi connectivity index (χ4v) is 1.50. The first-order chi connectivity index (χ1) is 9.20. The number of carbonyl (C=O) groups excluding carboxylic acids is 1. The smallest absolute Gasteiger partial charge is 0.251 e. The zero-order valence-electron chi connectivity index (χ0n) is 10.9. The van der Waals surface area contributed by atoms with E-state index >= 15 is 0 Å². The third-order valence-electron chi connectivity index (χ3n) is 2.80. The van der Waals surface area contributed by atoms with Crippen LogP contribution in [0.15, 0.2) is 30.6 Å². The summed E-state index contributed by atoms with van der Waals surface area (Å²) in [6.45, 7) is 2.59. The van der Waals surface area contributed by atoms with Gasteiger partial charge >= 0.3 is 0 Å². The van der Waals surface area contributed by atoms with Crippen molar-refractivity contribution in [2.24, 2.45) is 0 Å². The lowest BCUT2D eigenvalue weighted by Crippen LogP contribution is -2.37. The molecule has 7 nitrogen and oxygen atoms in total. The van der Waals surface area contributed by atoms with Crippen molar-refractivity contribution < 1.29 is 4.79 Å². The van der Waals surface area contributed by atoms with Crippen LogP contribution >= 0.6 is 0 Å². The zero-order chi connectivity index (χ0) is 13.7. The van der Waals surface area contributed by atoms with Gasteiger partial charge in [0.15, 0.2) is 0 Å². The van der Waals surface area contributed by atoms with Crippen molar-refractivity contribution in [3.63, 3.8) is 0 Å². The van der Waals surface area contributed by atoms with Gasteiger partial charge in [0.25, 0.3) is 5.91 Å². The number of aromatic nitrogens is 4. The van der Waals surface area contributed by atoms with Crippen molar-refractivity contribution in [3.8, 4) is 5.69 Å². The first-order valence-corrected chi connectivity index (χ1v) is 5.99. The summed E-state index contributed by atoms with van der Waals surface area (Å²) < 4.78 is 1.53. The molecule has 0 aliphatic carbocycles. The second-order valence-corrected chi connectivity index (χ2v) is 4.20. The monoisotopic (exact) mass is 260 g/mol. The number of carbonyl (C=O) groups is 1. The average molecular weight is 260 g/mol. The van der Waals surface area contributed by atoms with E-state index in [1.54, 1.807) is 24.3 Å². The molecule has 1 heterocycles. The van der Waals surface area contributed by atoms with Gasteiger partial charge in [-0.2, -0.15) is 0 Å². The van der Waals surface area contributed by atoms with Crippen LogP contribution in [0.5, 0.6) is 0 Å². The van der Waals surface area contributed by atoms with Crippen molar-refractivity contribution in [3.05, 3.63) is 36.2 Å². The lowest BCUT2D eigenvalue weighted by atomic mass is 10.2. The third-order valence-corrected chi connectivity index (χ3v) is 2.80. The number of amides is 1. The highest BCUT2D eigenvalue weighted by atomic mass is 16.1. The molecule has 0 saturated carbocycles. The molecular formula is C12H16N6O. The molecule has 0 saturated heterocycles. The molecule has 0 aliphatic heterocycles. The summed E-state index contributed by atoms with van der Waals surface area (Å²) in [5.74, 6) is -0.0923. The van der Waals surface area contributed by atoms with E-state index in [0.717, 1.165) is 5.69 Å². The Kier molecular flexibility index (Phi) is 4.19. The van der Waals surface area contributed by atoms with Crippen molar-refractivity contribution in [1.82, 2.24) is 30.8 Å². The molecule has 1 unspecified atom stereocenters. The van der Waals surface area contributed by atoms with Crippen molar-refractivity contribution in [2.45, 2.75) is 13.0 Å². The highest BCUT2D eigenvalue weighted by Gasteiger charge is 2.07. The van der Waals surface area contributed by atoms with Crippen molar-refractivity contribution >= 4 is 5.91 Å². The Bertz CT molecular complexity index is 522. The minimum atomic E-state index is -0.0923. The molecule has 0 fully saturated rings. The molecule has 1 aromatic heterocycles. The van der Waals surface area contributed by atoms with Gasteiger partial charge in [0.1, 0.15) is 6.33 Å². The van der Waals surface area contributed by atoms with Crippen LogP contribution in [0.1, 0.15) is 17.3 Å². The Balaban J connectivity index is 2.00. The predicted molar refractivity (Wildman–Crippen MR) is 70.0 cm³/mol. The highest BCUT2D eigenvalue weighted by molar-refractivity contribution is 5.94. The minimum Gasteiger partial charge on any atom is -0.350 e. The lowest BCUT2D eigenvalue weighted by Gasteiger charge is -2.11. The number of rotatable bonds is 5. The number of nitrogens with zero attached hydrogens (tertiary/aromatic N) is 4. The van der Waals surface area contributed by atoms with Crippen LogP contribution in [0.25, 0.3) is 5.69 Å². The number of nitrogens with one attached hydrogen (secondary N) is 2. The molecule has 2 rings (SSSR count). The molecule has 2 N–H and O–H groups in total. The number of tetrazole rings is 1. The molecule has 0 spiro atoms. The van der Waals surface area contributed by atoms with Crippen LogP contribution in [0, 0.1) is 0 Å². The Hall–Kier alpha value is -2.28. The summed E-state index contributed by atoms with van der Waals surface area (Å²) in [5.41, 5.74) is 1.42. The molecule has 7 heteroatoms. The van der Waals surface area contributed by atoms with Gasteiger partial charge in [0.2, 0.25) is 0 Å². The largest absolute Gasteiger partial charge is 0.350 e. The number of hydrogen-bond acceptors (Lipinski definition) is 5. The van der Waals surface area contributed by atoms with Crippen LogP contribution in [0.4, 0.5) is 0 Å². The van der Waals surface area contributed by atoms with Crippen LogP contribution in [0.2, 0.25) is 0 Å². The second-order valence-electron chi connectivity index (χ2n) is 4.20. The average Bonchev–Trinajstić information content (AvgIpc) is 2.98. The van der Waals surface area contributed by atoms with Gasteiger partial charge in [-0.25, -0.2) is 4.68 Å². The van der Waals surface area contributed by atoms with Crippen LogP contribution in [0.3, 0.4) is 0 Å². The summed E-state index contributed by atoms with van der Waals surface area (Å²) in [5, 5.41) is 16.8. The van der Waals surface area contributed by atoms with Crippen LogP contribution < -0.4 is 10.6 Å². The predicted octanol–water partition coefficient (Wildman–Crippen LogP) is -0.000000000000000222. The zero-order valence-corrected chi connectivity index (χ0v) is 10.9. The normalized spacial score (nSPS) is 12.1. The molecule has 19 heavy (non-hydrogen) atoms. The van der Waals surface area contributed by atoms with E-state index in [0.29, 0.717) is 12.1 Å². The Morgan fingerprint density at radius 1 is 1.37 bits per heavy atom. The van der Waals surface area contributed by atoms with E-state index in [9.17, 15) is 4.79 Å². The molecule has 0 bridgehead atoms. The lowest BCUT2D eigenvalue weighted by molar-refractivity contribution is 0.0950. The first kappa shape index (κ1) is 13.2. The summed E-state index contributed by atoms with van der Waals surface area (Å²) >= 11 is 0. The Morgan fingerprint density at radius 3 is 2.68 bits per heavy atom. The molecule has 0 aliphatic rings. The van der Waals surface area contributed by atoms with E-state index in [1.165, 1.54) is 11.0 Å². The van der Waals surface area contributed by atoms with Gasteiger partial charge in [-0.15, -0.1) is 5.10 Å². The quantitative estimate of drug-likeness (QED) is 0.790. The van der Waals surface area contributed by atoms with Gasteiger partial charge in [-0.05, 0) is 48.7 Å². The Labute approximate surface area is 111 Å². The maximum atomic E-state index is 11.9. The number of hydrogen-bond donors (Lipinski definition) is 2. The van der Waals surface area contributed by atoms with E-state index in [1.807, 2.05) is 14.0 Å². The molecule has 100 valence electrons. The molecule has 0 radical (unpaired) electrons. The van der Waals surface area contributed by atoms with Crippen LogP contribution in [-0.4, -0.2) is 45.7 Å². The first-order valence-electron chi connectivity index (χ1n) is 5.99. The van der Waals surface area contributed by atoms with Crippen molar-refractivity contribution in [1.29, 1.82) is 0 Å². The Morgan fingerprint density at radius 2 is 2.11 bits per heavy atom. The van der Waals surface area contributed by atoms with Crippen molar-refractivity contribution in [2.75, 3.05) is 13.6 Å². The summed E-state index contributed by atoms with van der Waals surface area (Å²) in [6, 6.07) is 7.33. The molecule has 1 aromatic carbocycles. The fourth-order valence-electron chi connectivity index (χ4n) is 1.50. The SMILES string of the molecule is CNC(C)CNC(=O)c1ccc(-n2cnnn2)cc1. The minimum absolute atomic E-state index is 0.0923. The van der Waals surface area contributed by atoms with E-state index in [2.05, 4.69) is 26.2 Å². The molecule has 1 atom stereocenters. The third kappa shape index (κ3) is 3.35. The van der Waals surface area contributed by atoms with Gasteiger partial charge in [-0.3, -0.25) is 4.79 Å². The maximum absolute atomic E-state index is 11.9. The van der Waals surface area contributed by atoms with Gasteiger partial charge in [0, 0.05) is 18.2 Å². The summed E-state index contributed by atoms with van der Waals surface area (Å²) in [4.78, 5) is 11.9. The number of likely N-dealkylation sites (N-methyl/N-ethyl adjacent to an activating group) is 1. The molecular weight excluding hydrogens is 244 g/mol. The highest BCUT2D eigenvalue weighted by Crippen LogP contribution is 2.07. The van der Waals surface area contributed by atoms with Crippen LogP contribution in [-0.2, 0) is 0 Å².